The van der Waals surface area contributed by atoms with Crippen molar-refractivity contribution in [1.29, 1.82) is 0 Å². The van der Waals surface area contributed by atoms with E-state index in [1.165, 1.54) is 32.0 Å². The van der Waals surface area contributed by atoms with Crippen LogP contribution < -0.4 is 10.9 Å². The highest BCUT2D eigenvalue weighted by atomic mass is 31.2. The van der Waals surface area contributed by atoms with Crippen LogP contribution in [0.5, 0.6) is 0 Å². The molecule has 0 saturated carbocycles. The number of hydrogen-bond acceptors (Lipinski definition) is 8. The van der Waals surface area contributed by atoms with E-state index in [9.17, 15) is 14.5 Å². The van der Waals surface area contributed by atoms with Crippen LogP contribution in [0.3, 0.4) is 0 Å². The summed E-state index contributed by atoms with van der Waals surface area (Å²) in [6, 6.07) is -0.305. The molecule has 0 spiro atoms. The average Bonchev–Trinajstić information content (AvgIpc) is 3.28. The molecule has 0 saturated heterocycles. The van der Waals surface area contributed by atoms with Crippen LogP contribution in [0.4, 0.5) is 0 Å². The van der Waals surface area contributed by atoms with Crippen LogP contribution in [0.1, 0.15) is 70.8 Å². The Morgan fingerprint density at radius 3 is 2.57 bits per heavy atom. The first-order chi connectivity index (χ1) is 17.0. The molecule has 0 bridgehead atoms. The van der Waals surface area contributed by atoms with Gasteiger partial charge in [-0.2, -0.15) is 0 Å². The summed E-state index contributed by atoms with van der Waals surface area (Å²) < 4.78 is 30.2. The van der Waals surface area contributed by atoms with E-state index in [1.54, 1.807) is 6.20 Å². The number of aliphatic hydroxyl groups is 1. The lowest BCUT2D eigenvalue weighted by atomic mass is 10.2. The summed E-state index contributed by atoms with van der Waals surface area (Å²) in [5, 5.41) is 13.1. The van der Waals surface area contributed by atoms with Gasteiger partial charge in [0.15, 0.2) is 0 Å². The lowest BCUT2D eigenvalue weighted by molar-refractivity contribution is 0.111. The lowest BCUT2D eigenvalue weighted by Gasteiger charge is -2.22. The Hall–Kier alpha value is -1.55. The predicted molar refractivity (Wildman–Crippen MR) is 138 cm³/mol. The molecule has 1 unspecified atom stereocenters. The molecule has 11 heteroatoms. The van der Waals surface area contributed by atoms with Gasteiger partial charge >= 0.3 is 7.60 Å². The largest absolute Gasteiger partial charge is 0.395 e. The zero-order valence-corrected chi connectivity index (χ0v) is 22.1. The van der Waals surface area contributed by atoms with E-state index in [2.05, 4.69) is 27.2 Å². The van der Waals surface area contributed by atoms with Crippen molar-refractivity contribution < 1.29 is 23.5 Å². The minimum absolute atomic E-state index is 0.129. The number of H-pyrrole nitrogens is 2. The van der Waals surface area contributed by atoms with Crippen molar-refractivity contribution in [3.63, 3.8) is 0 Å². The number of aliphatic hydroxyl groups excluding tert-OH is 1. The standard InChI is InChI=1S/C24H43N4O6P/c1-3-5-6-7-8-12-32-13-9-14-34-35(31,33-11-4-2)15-10-21(18-29)25-16-20-17-26-23-22(20)27-19-28-24(23)30/h17,19,21,25-26,29H,3-16,18H2,1-2H3,(H,27,28,30)/t21-,35?/m0/s1. The maximum absolute atomic E-state index is 13.2. The summed E-state index contributed by atoms with van der Waals surface area (Å²) in [6.07, 6.45) is 11.1. The van der Waals surface area contributed by atoms with Crippen molar-refractivity contribution in [2.75, 3.05) is 39.2 Å². The molecule has 0 aliphatic heterocycles. The van der Waals surface area contributed by atoms with E-state index < -0.39 is 7.60 Å². The Labute approximate surface area is 208 Å². The van der Waals surface area contributed by atoms with E-state index in [1.807, 2.05) is 6.92 Å². The number of unbranched alkanes of at least 4 members (excludes halogenated alkanes) is 4. The Morgan fingerprint density at radius 2 is 1.80 bits per heavy atom. The van der Waals surface area contributed by atoms with Crippen LogP contribution in [-0.4, -0.2) is 65.3 Å². The van der Waals surface area contributed by atoms with E-state index >= 15 is 0 Å². The van der Waals surface area contributed by atoms with Crippen LogP contribution in [0.2, 0.25) is 0 Å². The molecule has 2 heterocycles. The molecule has 35 heavy (non-hydrogen) atoms. The van der Waals surface area contributed by atoms with Gasteiger partial charge in [-0.05, 0) is 25.7 Å². The van der Waals surface area contributed by atoms with Gasteiger partial charge in [0.2, 0.25) is 0 Å². The fourth-order valence-electron chi connectivity index (χ4n) is 3.64. The summed E-state index contributed by atoms with van der Waals surface area (Å²) in [4.78, 5) is 21.5. The van der Waals surface area contributed by atoms with Gasteiger partial charge in [0.25, 0.3) is 5.56 Å². The fraction of sp³-hybridized carbons (Fsp3) is 0.750. The van der Waals surface area contributed by atoms with Crippen molar-refractivity contribution in [2.24, 2.45) is 0 Å². The van der Waals surface area contributed by atoms with Gasteiger partial charge in [-0.1, -0.05) is 39.5 Å². The van der Waals surface area contributed by atoms with Crippen molar-refractivity contribution in [2.45, 2.75) is 77.8 Å². The molecule has 2 atom stereocenters. The number of aromatic amines is 2. The molecule has 2 rings (SSSR count). The van der Waals surface area contributed by atoms with Gasteiger partial charge in [-0.3, -0.25) is 9.36 Å². The molecule has 0 radical (unpaired) electrons. The maximum atomic E-state index is 13.2. The first kappa shape index (κ1) is 29.7. The third-order valence-electron chi connectivity index (χ3n) is 5.71. The summed E-state index contributed by atoms with van der Waals surface area (Å²) in [6.45, 7) is 6.42. The first-order valence-electron chi connectivity index (χ1n) is 12.9. The molecule has 0 aliphatic carbocycles. The Bertz CT molecular complexity index is 934. The topological polar surface area (TPSA) is 139 Å². The van der Waals surface area contributed by atoms with Gasteiger partial charge in [-0.25, -0.2) is 4.98 Å². The third kappa shape index (κ3) is 10.9. The molecule has 0 aromatic carbocycles. The van der Waals surface area contributed by atoms with E-state index in [-0.39, 0.29) is 24.4 Å². The van der Waals surface area contributed by atoms with Crippen LogP contribution in [-0.2, 0) is 24.9 Å². The predicted octanol–water partition coefficient (Wildman–Crippen LogP) is 4.11. The van der Waals surface area contributed by atoms with Crippen molar-refractivity contribution in [3.05, 3.63) is 28.4 Å². The number of nitrogens with zero attached hydrogens (tertiary/aromatic N) is 1. The second-order valence-corrected chi connectivity index (χ2v) is 10.9. The highest BCUT2D eigenvalue weighted by molar-refractivity contribution is 7.53. The number of aromatic nitrogens is 3. The first-order valence-corrected chi connectivity index (χ1v) is 14.6. The molecule has 2 aromatic heterocycles. The Balaban J connectivity index is 1.74. The van der Waals surface area contributed by atoms with Crippen LogP contribution in [0.25, 0.3) is 11.0 Å². The highest BCUT2D eigenvalue weighted by Gasteiger charge is 2.26. The van der Waals surface area contributed by atoms with E-state index in [0.717, 1.165) is 25.0 Å². The van der Waals surface area contributed by atoms with Crippen LogP contribution in [0.15, 0.2) is 17.3 Å². The van der Waals surface area contributed by atoms with Crippen LogP contribution in [0, 0.1) is 0 Å². The molecule has 0 amide bonds. The molecule has 200 valence electrons. The molecular formula is C24H43N4O6P. The summed E-state index contributed by atoms with van der Waals surface area (Å²) in [5.41, 5.74) is 1.58. The zero-order valence-electron chi connectivity index (χ0n) is 21.2. The lowest BCUT2D eigenvalue weighted by Crippen LogP contribution is -2.33. The molecule has 4 N–H and O–H groups in total. The van der Waals surface area contributed by atoms with Crippen molar-refractivity contribution in [3.8, 4) is 0 Å². The Kier molecular flexibility index (Phi) is 14.4. The normalized spacial score (nSPS) is 14.4. The molecule has 0 fully saturated rings. The van der Waals surface area contributed by atoms with Gasteiger partial charge in [0.1, 0.15) is 5.52 Å². The number of ether oxygens (including phenoxy) is 1. The fourth-order valence-corrected chi connectivity index (χ4v) is 5.47. The SMILES string of the molecule is CCCCCCCOCCCOP(=O)(CC[C@@H](CO)NCc1c[nH]c2c(=O)[nH]cnc12)OCCC. The van der Waals surface area contributed by atoms with Crippen molar-refractivity contribution >= 4 is 18.6 Å². The second kappa shape index (κ2) is 17.0. The number of hydrogen-bond donors (Lipinski definition) is 4. The zero-order chi connectivity index (χ0) is 25.4. The summed E-state index contributed by atoms with van der Waals surface area (Å²) in [5.74, 6) is 0. The van der Waals surface area contributed by atoms with E-state index in [4.69, 9.17) is 13.8 Å². The quantitative estimate of drug-likeness (QED) is 0.144. The minimum Gasteiger partial charge on any atom is -0.395 e. The number of nitrogens with one attached hydrogen (secondary N) is 3. The average molecular weight is 515 g/mol. The van der Waals surface area contributed by atoms with E-state index in [0.29, 0.717) is 50.2 Å². The second-order valence-electron chi connectivity index (χ2n) is 8.70. The third-order valence-corrected chi connectivity index (χ3v) is 7.66. The van der Waals surface area contributed by atoms with Crippen molar-refractivity contribution in [1.82, 2.24) is 20.3 Å². The Morgan fingerprint density at radius 1 is 1.03 bits per heavy atom. The highest BCUT2D eigenvalue weighted by Crippen LogP contribution is 2.49. The molecular weight excluding hydrogens is 471 g/mol. The molecule has 10 nitrogen and oxygen atoms in total. The monoisotopic (exact) mass is 514 g/mol. The summed E-state index contributed by atoms with van der Waals surface area (Å²) >= 11 is 0. The molecule has 2 aromatic rings. The van der Waals surface area contributed by atoms with Gasteiger partial charge in [0.05, 0.1) is 37.8 Å². The van der Waals surface area contributed by atoms with Gasteiger partial charge in [0, 0.05) is 37.6 Å². The van der Waals surface area contributed by atoms with Crippen LogP contribution >= 0.6 is 7.60 Å². The van der Waals surface area contributed by atoms with Gasteiger partial charge in [-0.15, -0.1) is 0 Å². The smallest absolute Gasteiger partial charge is 0.330 e. The number of rotatable bonds is 21. The minimum atomic E-state index is -3.28. The maximum Gasteiger partial charge on any atom is 0.330 e. The summed E-state index contributed by atoms with van der Waals surface area (Å²) in [7, 11) is -3.28. The molecule has 0 aliphatic rings. The number of fused-ring (bicyclic) bond motifs is 1. The van der Waals surface area contributed by atoms with Gasteiger partial charge < -0.3 is 34.2 Å².